The molecule has 0 saturated carbocycles. The van der Waals surface area contributed by atoms with Crippen molar-refractivity contribution in [2.45, 2.75) is 44.3 Å². The molecule has 0 fully saturated rings. The van der Waals surface area contributed by atoms with E-state index in [2.05, 4.69) is 0 Å². The highest BCUT2D eigenvalue weighted by atomic mass is 32.2. The zero-order chi connectivity index (χ0) is 26.1. The number of hydrogen-bond donors (Lipinski definition) is 0. The third-order valence-corrected chi connectivity index (χ3v) is 8.29. The molecule has 0 N–H and O–H groups in total. The Morgan fingerprint density at radius 1 is 0.514 bits per heavy atom. The lowest BCUT2D eigenvalue weighted by molar-refractivity contribution is 0.187. The number of ether oxygens (including phenoxy) is 8. The van der Waals surface area contributed by atoms with Crippen molar-refractivity contribution in [2.75, 3.05) is 56.9 Å². The van der Waals surface area contributed by atoms with E-state index >= 15 is 0 Å². The second-order valence-corrected chi connectivity index (χ2v) is 10.6. The molecular weight excluding hydrogens is 512 g/mol. The molecule has 8 nitrogen and oxygen atoms in total. The number of thioether (sulfide) groups is 2. The molecule has 35 heavy (non-hydrogen) atoms. The van der Waals surface area contributed by atoms with Crippen LogP contribution in [0.25, 0.3) is 0 Å². The van der Waals surface area contributed by atoms with Gasteiger partial charge in [-0.1, -0.05) is 35.3 Å². The summed E-state index contributed by atoms with van der Waals surface area (Å²) in [7, 11) is 13.0. The van der Waals surface area contributed by atoms with Crippen LogP contribution in [0.15, 0.2) is 31.7 Å². The number of benzene rings is 2. The van der Waals surface area contributed by atoms with Crippen molar-refractivity contribution in [3.05, 3.63) is 12.1 Å². The van der Waals surface area contributed by atoms with Gasteiger partial charge < -0.3 is 37.9 Å². The van der Waals surface area contributed by atoms with Crippen LogP contribution in [0.2, 0.25) is 0 Å². The highest BCUT2D eigenvalue weighted by Gasteiger charge is 2.27. The molecule has 196 valence electrons. The maximum Gasteiger partial charge on any atom is 0.179 e. The Balaban J connectivity index is 2.71. The molecule has 2 unspecified atom stereocenters. The minimum Gasteiger partial charge on any atom is -0.495 e. The highest BCUT2D eigenvalue weighted by molar-refractivity contribution is 8.00. The Morgan fingerprint density at radius 3 is 1.11 bits per heavy atom. The van der Waals surface area contributed by atoms with Crippen LogP contribution in [0, 0.1) is 0 Å². The van der Waals surface area contributed by atoms with Crippen LogP contribution in [-0.2, 0) is 9.47 Å². The largest absolute Gasteiger partial charge is 0.495 e. The molecule has 2 aromatic carbocycles. The number of rotatable bonds is 14. The molecule has 0 saturated heterocycles. The summed E-state index contributed by atoms with van der Waals surface area (Å²) in [6, 6.07) is 3.82. The van der Waals surface area contributed by atoms with Crippen molar-refractivity contribution in [1.82, 2.24) is 0 Å². The second-order valence-electron chi connectivity index (χ2n) is 6.89. The van der Waals surface area contributed by atoms with Gasteiger partial charge in [-0.3, -0.25) is 0 Å². The van der Waals surface area contributed by atoms with Crippen LogP contribution >= 0.6 is 35.3 Å². The maximum atomic E-state index is 5.79. The predicted molar refractivity (Wildman–Crippen MR) is 141 cm³/mol. The van der Waals surface area contributed by atoms with E-state index in [0.717, 1.165) is 19.6 Å². The Kier molecular flexibility index (Phi) is 11.8. The van der Waals surface area contributed by atoms with E-state index in [-0.39, 0.29) is 10.9 Å². The van der Waals surface area contributed by atoms with Gasteiger partial charge in [-0.25, -0.2) is 0 Å². The molecule has 11 heteroatoms. The van der Waals surface area contributed by atoms with Crippen LogP contribution in [0.1, 0.15) is 13.8 Å². The molecule has 2 aromatic rings. The van der Waals surface area contributed by atoms with Gasteiger partial charge in [-0.2, -0.15) is 0 Å². The smallest absolute Gasteiger partial charge is 0.179 e. The normalized spacial score (nSPS) is 12.6. The fraction of sp³-hybridized carbons (Fsp3) is 0.500. The summed E-state index contributed by atoms with van der Waals surface area (Å²) in [5.74, 6) is 3.52. The minimum atomic E-state index is -0.117. The molecule has 0 heterocycles. The number of methoxy groups -OCH3 is 8. The van der Waals surface area contributed by atoms with Crippen molar-refractivity contribution in [2.24, 2.45) is 0 Å². The maximum absolute atomic E-state index is 5.79. The van der Waals surface area contributed by atoms with Gasteiger partial charge in [0.1, 0.15) is 22.4 Å². The Hall–Kier alpha value is -1.79. The van der Waals surface area contributed by atoms with Gasteiger partial charge in [-0.15, -0.1) is 0 Å². The lowest BCUT2D eigenvalue weighted by atomic mass is 10.3. The molecule has 0 bridgehead atoms. The standard InChI is InChI=1S/C24H34O8S3/c1-13(25-3)33-23-15(27-5)11-17(19(29-7)21(23)31-9)35-18-12-16(28-6)24(34-14(2)26-4)22(32-10)20(18)30-8/h11-14H,1-10H3. The van der Waals surface area contributed by atoms with Gasteiger partial charge >= 0.3 is 0 Å². The molecule has 0 radical (unpaired) electrons. The minimum absolute atomic E-state index is 0.117. The summed E-state index contributed by atoms with van der Waals surface area (Å²) in [5, 5.41) is 0. The quantitative estimate of drug-likeness (QED) is 0.205. The Morgan fingerprint density at radius 2 is 0.857 bits per heavy atom. The van der Waals surface area contributed by atoms with Crippen LogP contribution in [0.4, 0.5) is 0 Å². The van der Waals surface area contributed by atoms with E-state index in [9.17, 15) is 0 Å². The molecule has 0 amide bonds. The molecule has 0 aliphatic carbocycles. The van der Waals surface area contributed by atoms with Crippen molar-refractivity contribution in [1.29, 1.82) is 0 Å². The predicted octanol–water partition coefficient (Wildman–Crippen LogP) is 6.06. The molecule has 0 aliphatic heterocycles. The third kappa shape index (κ3) is 6.71. The van der Waals surface area contributed by atoms with Gasteiger partial charge in [0.25, 0.3) is 0 Å². The summed E-state index contributed by atoms with van der Waals surface area (Å²) < 4.78 is 45.4. The number of hydrogen-bond acceptors (Lipinski definition) is 11. The highest BCUT2D eigenvalue weighted by Crippen LogP contribution is 2.56. The van der Waals surface area contributed by atoms with Crippen LogP contribution < -0.4 is 28.4 Å². The molecule has 0 aliphatic rings. The van der Waals surface area contributed by atoms with Crippen molar-refractivity contribution in [3.8, 4) is 34.5 Å². The zero-order valence-electron chi connectivity index (χ0n) is 21.8. The molecular formula is C24H34O8S3. The first-order valence-electron chi connectivity index (χ1n) is 10.6. The first-order chi connectivity index (χ1) is 16.8. The third-order valence-electron chi connectivity index (χ3n) is 4.95. The topological polar surface area (TPSA) is 73.8 Å². The molecule has 0 spiro atoms. The van der Waals surface area contributed by atoms with E-state index in [1.807, 2.05) is 26.0 Å². The summed E-state index contributed by atoms with van der Waals surface area (Å²) in [6.07, 6.45) is 0. The lowest BCUT2D eigenvalue weighted by Gasteiger charge is -2.22. The average molecular weight is 547 g/mol. The first kappa shape index (κ1) is 29.4. The van der Waals surface area contributed by atoms with Crippen molar-refractivity contribution in [3.63, 3.8) is 0 Å². The first-order valence-corrected chi connectivity index (χ1v) is 13.1. The fourth-order valence-corrected chi connectivity index (χ4v) is 6.18. The fourth-order valence-electron chi connectivity index (χ4n) is 3.14. The second kappa shape index (κ2) is 14.1. The van der Waals surface area contributed by atoms with Gasteiger partial charge in [0, 0.05) is 14.2 Å². The average Bonchev–Trinajstić information content (AvgIpc) is 2.88. The van der Waals surface area contributed by atoms with Crippen LogP contribution in [0.3, 0.4) is 0 Å². The van der Waals surface area contributed by atoms with Crippen LogP contribution in [-0.4, -0.2) is 67.8 Å². The van der Waals surface area contributed by atoms with Gasteiger partial charge in [-0.05, 0) is 26.0 Å². The monoisotopic (exact) mass is 546 g/mol. The van der Waals surface area contributed by atoms with Gasteiger partial charge in [0.05, 0.1) is 62.2 Å². The van der Waals surface area contributed by atoms with Crippen LogP contribution in [0.5, 0.6) is 34.5 Å². The van der Waals surface area contributed by atoms with Gasteiger partial charge in [0.2, 0.25) is 0 Å². The van der Waals surface area contributed by atoms with E-state index < -0.39 is 0 Å². The zero-order valence-corrected chi connectivity index (χ0v) is 24.2. The van der Waals surface area contributed by atoms with Crippen molar-refractivity contribution < 1.29 is 37.9 Å². The van der Waals surface area contributed by atoms with E-state index in [0.29, 0.717) is 34.5 Å². The molecule has 0 aromatic heterocycles. The molecule has 2 atom stereocenters. The Labute approximate surface area is 220 Å². The molecule has 2 rings (SSSR count). The van der Waals surface area contributed by atoms with E-state index in [1.54, 1.807) is 56.9 Å². The van der Waals surface area contributed by atoms with E-state index in [4.69, 9.17) is 37.9 Å². The SMILES string of the molecule is COc1cc(Sc2cc(OC)c(SC(C)OC)c(OC)c2OC)c(OC)c(OC)c1SC(C)OC. The van der Waals surface area contributed by atoms with Crippen molar-refractivity contribution >= 4 is 35.3 Å². The van der Waals surface area contributed by atoms with Gasteiger partial charge in [0.15, 0.2) is 23.0 Å². The lowest BCUT2D eigenvalue weighted by Crippen LogP contribution is -2.04. The Bertz CT molecular complexity index is 909. The summed E-state index contributed by atoms with van der Waals surface area (Å²) >= 11 is 4.38. The summed E-state index contributed by atoms with van der Waals surface area (Å²) in [4.78, 5) is 3.10. The summed E-state index contributed by atoms with van der Waals surface area (Å²) in [6.45, 7) is 3.90. The van der Waals surface area contributed by atoms with E-state index in [1.165, 1.54) is 35.3 Å². The summed E-state index contributed by atoms with van der Waals surface area (Å²) in [5.41, 5.74) is -0.233.